The molecule has 0 aliphatic carbocycles. The van der Waals surface area contributed by atoms with E-state index in [-0.39, 0.29) is 4.90 Å². The van der Waals surface area contributed by atoms with Crippen molar-refractivity contribution in [1.82, 2.24) is 4.72 Å². The summed E-state index contributed by atoms with van der Waals surface area (Å²) in [5.74, 6) is 0.347. The Balaban J connectivity index is 1.87. The van der Waals surface area contributed by atoms with E-state index < -0.39 is 10.0 Å². The van der Waals surface area contributed by atoms with E-state index in [9.17, 15) is 8.42 Å². The van der Waals surface area contributed by atoms with Gasteiger partial charge in [0.15, 0.2) is 0 Å². The molecule has 0 fully saturated rings. The van der Waals surface area contributed by atoms with Crippen molar-refractivity contribution in [2.75, 3.05) is 18.0 Å². The molecule has 5 nitrogen and oxygen atoms in total. The third-order valence-electron chi connectivity index (χ3n) is 3.75. The van der Waals surface area contributed by atoms with Gasteiger partial charge in [0, 0.05) is 23.8 Å². The molecule has 1 heterocycles. The van der Waals surface area contributed by atoms with Crippen molar-refractivity contribution in [2.24, 2.45) is 4.99 Å². The van der Waals surface area contributed by atoms with Gasteiger partial charge in [0.05, 0.1) is 4.90 Å². The molecule has 1 aliphatic heterocycles. The summed E-state index contributed by atoms with van der Waals surface area (Å²) in [5, 5.41) is 0.491. The summed E-state index contributed by atoms with van der Waals surface area (Å²) in [5.41, 5.74) is 2.06. The number of benzene rings is 2. The van der Waals surface area contributed by atoms with Crippen LogP contribution in [0.2, 0.25) is 5.02 Å². The van der Waals surface area contributed by atoms with Crippen LogP contribution in [0.1, 0.15) is 12.0 Å². The highest BCUT2D eigenvalue weighted by atomic mass is 35.5. The van der Waals surface area contributed by atoms with Crippen molar-refractivity contribution in [3.05, 3.63) is 59.1 Å². The van der Waals surface area contributed by atoms with Crippen LogP contribution < -0.4 is 9.62 Å². The minimum atomic E-state index is -3.71. The van der Waals surface area contributed by atoms with Crippen LogP contribution in [0.15, 0.2) is 58.4 Å². The van der Waals surface area contributed by atoms with E-state index in [0.717, 1.165) is 17.7 Å². The Morgan fingerprint density at radius 2 is 1.75 bits per heavy atom. The van der Waals surface area contributed by atoms with Crippen LogP contribution in [0.4, 0.5) is 5.69 Å². The molecule has 0 amide bonds. The fourth-order valence-corrected chi connectivity index (χ4v) is 3.61. The molecule has 2 aromatic rings. The van der Waals surface area contributed by atoms with Crippen LogP contribution in [-0.2, 0) is 10.0 Å². The highest BCUT2D eigenvalue weighted by Gasteiger charge is 2.23. The number of guanidine groups is 1. The molecule has 1 N–H and O–H groups in total. The molecule has 0 atom stereocenters. The van der Waals surface area contributed by atoms with Crippen LogP contribution in [0.25, 0.3) is 0 Å². The number of sulfonamides is 1. The molecule has 0 unspecified atom stereocenters. The standard InChI is InChI=1S/C17H18ClN3O2S/c1-13-3-7-15(8-4-13)21-12-2-11-19-17(21)20-24(22,23)16-9-5-14(18)6-10-16/h3-10H,2,11-12H2,1H3,(H,19,20). The number of hydrogen-bond acceptors (Lipinski definition) is 4. The summed E-state index contributed by atoms with van der Waals surface area (Å²) in [7, 11) is -3.71. The summed E-state index contributed by atoms with van der Waals surface area (Å²) in [6, 6.07) is 14.0. The maximum absolute atomic E-state index is 12.6. The largest absolute Gasteiger partial charge is 0.312 e. The second-order valence-electron chi connectivity index (χ2n) is 5.61. The van der Waals surface area contributed by atoms with E-state index in [0.29, 0.717) is 24.1 Å². The zero-order valence-electron chi connectivity index (χ0n) is 13.2. The molecule has 126 valence electrons. The first-order valence-corrected chi connectivity index (χ1v) is 9.49. The molecule has 7 heteroatoms. The van der Waals surface area contributed by atoms with E-state index >= 15 is 0 Å². The zero-order valence-corrected chi connectivity index (χ0v) is 14.8. The second kappa shape index (κ2) is 6.83. The van der Waals surface area contributed by atoms with E-state index in [4.69, 9.17) is 11.6 Å². The number of aryl methyl sites for hydroxylation is 1. The van der Waals surface area contributed by atoms with Crippen molar-refractivity contribution < 1.29 is 8.42 Å². The van der Waals surface area contributed by atoms with Crippen LogP contribution in [-0.4, -0.2) is 27.5 Å². The number of rotatable bonds is 3. The molecular weight excluding hydrogens is 346 g/mol. The highest BCUT2D eigenvalue weighted by Crippen LogP contribution is 2.19. The first kappa shape index (κ1) is 16.8. The Hall–Kier alpha value is -2.05. The molecule has 24 heavy (non-hydrogen) atoms. The molecule has 0 spiro atoms. The second-order valence-corrected chi connectivity index (χ2v) is 7.72. The van der Waals surface area contributed by atoms with Crippen molar-refractivity contribution in [2.45, 2.75) is 18.2 Å². The topological polar surface area (TPSA) is 61.8 Å². The number of anilines is 1. The number of nitrogens with zero attached hydrogens (tertiary/aromatic N) is 2. The minimum Gasteiger partial charge on any atom is -0.312 e. The molecule has 2 aromatic carbocycles. The van der Waals surface area contributed by atoms with E-state index in [1.807, 2.05) is 36.1 Å². The lowest BCUT2D eigenvalue weighted by Gasteiger charge is -2.29. The Morgan fingerprint density at radius 3 is 2.42 bits per heavy atom. The van der Waals surface area contributed by atoms with Gasteiger partial charge in [0.2, 0.25) is 5.96 Å². The minimum absolute atomic E-state index is 0.157. The first-order chi connectivity index (χ1) is 11.5. The monoisotopic (exact) mass is 363 g/mol. The van der Waals surface area contributed by atoms with Gasteiger partial charge in [-0.05, 0) is 49.7 Å². The van der Waals surface area contributed by atoms with E-state index in [1.54, 1.807) is 12.1 Å². The Labute approximate surface area is 147 Å². The van der Waals surface area contributed by atoms with Crippen molar-refractivity contribution in [3.63, 3.8) is 0 Å². The summed E-state index contributed by atoms with van der Waals surface area (Å²) < 4.78 is 27.8. The molecule has 0 aromatic heterocycles. The maximum atomic E-state index is 12.6. The Bertz CT molecular complexity index is 846. The normalized spacial score (nSPS) is 15.1. The predicted molar refractivity (Wildman–Crippen MR) is 97.2 cm³/mol. The quantitative estimate of drug-likeness (QED) is 0.910. The molecule has 0 saturated heterocycles. The average molecular weight is 364 g/mol. The Morgan fingerprint density at radius 1 is 1.08 bits per heavy atom. The van der Waals surface area contributed by atoms with E-state index in [1.165, 1.54) is 12.1 Å². The van der Waals surface area contributed by atoms with Gasteiger partial charge in [0.1, 0.15) is 0 Å². The fraction of sp³-hybridized carbons (Fsp3) is 0.235. The lowest BCUT2D eigenvalue weighted by Crippen LogP contribution is -2.47. The molecule has 0 bridgehead atoms. The number of hydrogen-bond donors (Lipinski definition) is 1. The molecular formula is C17H18ClN3O2S. The van der Waals surface area contributed by atoms with Gasteiger partial charge in [-0.2, -0.15) is 0 Å². The summed E-state index contributed by atoms with van der Waals surface area (Å²) in [6.45, 7) is 3.32. The highest BCUT2D eigenvalue weighted by molar-refractivity contribution is 7.90. The number of aliphatic imine (C=N–C) groups is 1. The number of halogens is 1. The summed E-state index contributed by atoms with van der Waals surface area (Å²) >= 11 is 5.82. The Kier molecular flexibility index (Phi) is 4.78. The van der Waals surface area contributed by atoms with Crippen LogP contribution in [0, 0.1) is 6.92 Å². The SMILES string of the molecule is Cc1ccc(N2CCCN=C2NS(=O)(=O)c2ccc(Cl)cc2)cc1. The van der Waals surface area contributed by atoms with Gasteiger partial charge in [-0.25, -0.2) is 13.1 Å². The lowest BCUT2D eigenvalue weighted by molar-refractivity contribution is 0.591. The summed E-state index contributed by atoms with van der Waals surface area (Å²) in [4.78, 5) is 6.41. The van der Waals surface area contributed by atoms with Gasteiger partial charge in [-0.3, -0.25) is 4.99 Å². The third kappa shape index (κ3) is 3.71. The van der Waals surface area contributed by atoms with Gasteiger partial charge >= 0.3 is 0 Å². The molecule has 3 rings (SSSR count). The van der Waals surface area contributed by atoms with Crippen molar-refractivity contribution in [3.8, 4) is 0 Å². The average Bonchev–Trinajstić information content (AvgIpc) is 2.56. The van der Waals surface area contributed by atoms with E-state index in [2.05, 4.69) is 9.71 Å². The zero-order chi connectivity index (χ0) is 17.2. The van der Waals surface area contributed by atoms with Gasteiger partial charge in [-0.1, -0.05) is 29.3 Å². The van der Waals surface area contributed by atoms with Crippen molar-refractivity contribution in [1.29, 1.82) is 0 Å². The van der Waals surface area contributed by atoms with Gasteiger partial charge in [0.25, 0.3) is 10.0 Å². The molecule has 0 radical (unpaired) electrons. The lowest BCUT2D eigenvalue weighted by atomic mass is 10.2. The molecule has 0 saturated carbocycles. The third-order valence-corrected chi connectivity index (χ3v) is 5.35. The number of nitrogens with one attached hydrogen (secondary N) is 1. The smallest absolute Gasteiger partial charge is 0.264 e. The summed E-state index contributed by atoms with van der Waals surface area (Å²) in [6.07, 6.45) is 0.875. The van der Waals surface area contributed by atoms with Crippen molar-refractivity contribution >= 4 is 33.3 Å². The van der Waals surface area contributed by atoms with Crippen LogP contribution in [0.3, 0.4) is 0 Å². The van der Waals surface area contributed by atoms with Crippen LogP contribution in [0.5, 0.6) is 0 Å². The predicted octanol–water partition coefficient (Wildman–Crippen LogP) is 3.19. The van der Waals surface area contributed by atoms with Gasteiger partial charge in [-0.15, -0.1) is 0 Å². The van der Waals surface area contributed by atoms with Crippen LogP contribution >= 0.6 is 11.6 Å². The maximum Gasteiger partial charge on any atom is 0.264 e. The van der Waals surface area contributed by atoms with Gasteiger partial charge < -0.3 is 4.90 Å². The molecule has 1 aliphatic rings. The fourth-order valence-electron chi connectivity index (χ4n) is 2.46. The first-order valence-electron chi connectivity index (χ1n) is 7.63.